The van der Waals surface area contributed by atoms with Crippen LogP contribution in [0.3, 0.4) is 0 Å². The molecule has 0 saturated carbocycles. The maximum absolute atomic E-state index is 5.16. The van der Waals surface area contributed by atoms with Gasteiger partial charge >= 0.3 is 0 Å². The minimum Gasteiger partial charge on any atom is -0.497 e. The van der Waals surface area contributed by atoms with Crippen molar-refractivity contribution >= 4 is 5.96 Å². The van der Waals surface area contributed by atoms with Gasteiger partial charge in [0.05, 0.1) is 12.8 Å². The molecule has 0 saturated heterocycles. The molecular weight excluding hydrogens is 302 g/mol. The fourth-order valence-electron chi connectivity index (χ4n) is 2.49. The molecule has 0 aliphatic carbocycles. The molecule has 0 fully saturated rings. The number of nitrogens with zero attached hydrogens (tertiary/aromatic N) is 3. The standard InChI is InChI=1S/C18H27N5O/c1-14-12-15(2)23(22-14)11-5-10-20-18(19-3)21-13-16-6-8-17(24-4)9-7-16/h6-9,12H,5,10-11,13H2,1-4H3,(H2,19,20,21). The first-order valence-corrected chi connectivity index (χ1v) is 8.21. The van der Waals surface area contributed by atoms with Crippen molar-refractivity contribution in [3.8, 4) is 5.75 Å². The van der Waals surface area contributed by atoms with Gasteiger partial charge in [0.25, 0.3) is 0 Å². The maximum atomic E-state index is 5.16. The fraction of sp³-hybridized carbons (Fsp3) is 0.444. The van der Waals surface area contributed by atoms with Gasteiger partial charge in [-0.05, 0) is 44.0 Å². The third-order valence-electron chi connectivity index (χ3n) is 3.79. The second kappa shape index (κ2) is 8.96. The Morgan fingerprint density at radius 3 is 2.54 bits per heavy atom. The number of hydrogen-bond donors (Lipinski definition) is 2. The zero-order chi connectivity index (χ0) is 17.4. The van der Waals surface area contributed by atoms with Crippen LogP contribution in [0.1, 0.15) is 23.4 Å². The van der Waals surface area contributed by atoms with E-state index in [1.54, 1.807) is 14.2 Å². The van der Waals surface area contributed by atoms with E-state index in [2.05, 4.69) is 33.7 Å². The van der Waals surface area contributed by atoms with Crippen molar-refractivity contribution in [1.82, 2.24) is 20.4 Å². The van der Waals surface area contributed by atoms with Crippen LogP contribution >= 0.6 is 0 Å². The summed E-state index contributed by atoms with van der Waals surface area (Å²) < 4.78 is 7.21. The van der Waals surface area contributed by atoms with Crippen molar-refractivity contribution in [3.05, 3.63) is 47.3 Å². The molecule has 130 valence electrons. The summed E-state index contributed by atoms with van der Waals surface area (Å²) in [5.41, 5.74) is 3.45. The van der Waals surface area contributed by atoms with Crippen molar-refractivity contribution in [2.45, 2.75) is 33.4 Å². The number of nitrogens with one attached hydrogen (secondary N) is 2. The summed E-state index contributed by atoms with van der Waals surface area (Å²) in [5, 5.41) is 11.1. The third-order valence-corrected chi connectivity index (χ3v) is 3.79. The quantitative estimate of drug-likeness (QED) is 0.465. The number of rotatable bonds is 7. The molecule has 2 rings (SSSR count). The van der Waals surface area contributed by atoms with Crippen molar-refractivity contribution in [1.29, 1.82) is 0 Å². The molecule has 0 aliphatic heterocycles. The van der Waals surface area contributed by atoms with Gasteiger partial charge in [-0.25, -0.2) is 0 Å². The monoisotopic (exact) mass is 329 g/mol. The van der Waals surface area contributed by atoms with Crippen LogP contribution in [0.5, 0.6) is 5.75 Å². The number of aryl methyl sites for hydroxylation is 3. The summed E-state index contributed by atoms with van der Waals surface area (Å²) in [6.45, 7) is 6.58. The second-order valence-corrected chi connectivity index (χ2v) is 5.70. The van der Waals surface area contributed by atoms with Gasteiger partial charge in [0.15, 0.2) is 5.96 Å². The van der Waals surface area contributed by atoms with E-state index in [9.17, 15) is 0 Å². The average molecular weight is 329 g/mol. The van der Waals surface area contributed by atoms with Gasteiger partial charge in [-0.15, -0.1) is 0 Å². The van der Waals surface area contributed by atoms with Crippen LogP contribution in [-0.2, 0) is 13.1 Å². The fourth-order valence-corrected chi connectivity index (χ4v) is 2.49. The van der Waals surface area contributed by atoms with E-state index >= 15 is 0 Å². The van der Waals surface area contributed by atoms with Gasteiger partial charge in [-0.1, -0.05) is 12.1 Å². The minimum atomic E-state index is 0.723. The molecule has 0 amide bonds. The Labute approximate surface area is 143 Å². The number of aliphatic imine (C=N–C) groups is 1. The summed E-state index contributed by atoms with van der Waals surface area (Å²) in [5.74, 6) is 1.67. The normalized spacial score (nSPS) is 11.4. The summed E-state index contributed by atoms with van der Waals surface area (Å²) in [4.78, 5) is 4.25. The van der Waals surface area contributed by atoms with Crippen LogP contribution in [0.2, 0.25) is 0 Å². The first kappa shape index (κ1) is 17.8. The smallest absolute Gasteiger partial charge is 0.191 e. The Balaban J connectivity index is 1.71. The molecule has 0 unspecified atom stereocenters. The third kappa shape index (κ3) is 5.30. The molecule has 2 N–H and O–H groups in total. The molecule has 0 radical (unpaired) electrons. The van der Waals surface area contributed by atoms with Crippen LogP contribution in [0.15, 0.2) is 35.3 Å². The largest absolute Gasteiger partial charge is 0.497 e. The molecule has 0 aliphatic rings. The molecular formula is C18H27N5O. The number of aromatic nitrogens is 2. The Morgan fingerprint density at radius 1 is 1.21 bits per heavy atom. The van der Waals surface area contributed by atoms with Gasteiger partial charge in [0.1, 0.15) is 5.75 Å². The molecule has 6 heteroatoms. The van der Waals surface area contributed by atoms with E-state index in [1.165, 1.54) is 11.3 Å². The molecule has 6 nitrogen and oxygen atoms in total. The van der Waals surface area contributed by atoms with Crippen LogP contribution in [0.25, 0.3) is 0 Å². The van der Waals surface area contributed by atoms with Gasteiger partial charge < -0.3 is 15.4 Å². The minimum absolute atomic E-state index is 0.723. The molecule has 1 aromatic carbocycles. The van der Waals surface area contributed by atoms with E-state index in [4.69, 9.17) is 4.74 Å². The van der Waals surface area contributed by atoms with Gasteiger partial charge in [0.2, 0.25) is 0 Å². The SMILES string of the molecule is CN=C(NCCCn1nc(C)cc1C)NCc1ccc(OC)cc1. The maximum Gasteiger partial charge on any atom is 0.191 e. The Kier molecular flexibility index (Phi) is 6.66. The first-order chi connectivity index (χ1) is 11.6. The lowest BCUT2D eigenvalue weighted by atomic mass is 10.2. The van der Waals surface area contributed by atoms with Gasteiger partial charge in [-0.3, -0.25) is 9.67 Å². The number of benzene rings is 1. The van der Waals surface area contributed by atoms with E-state index in [-0.39, 0.29) is 0 Å². The second-order valence-electron chi connectivity index (χ2n) is 5.70. The van der Waals surface area contributed by atoms with E-state index in [1.807, 2.05) is 35.9 Å². The number of methoxy groups -OCH3 is 1. The predicted molar refractivity (Wildman–Crippen MR) is 97.5 cm³/mol. The van der Waals surface area contributed by atoms with Gasteiger partial charge in [-0.2, -0.15) is 5.10 Å². The highest BCUT2D eigenvalue weighted by molar-refractivity contribution is 5.79. The van der Waals surface area contributed by atoms with Gasteiger partial charge in [0, 0.05) is 32.4 Å². The van der Waals surface area contributed by atoms with Crippen LogP contribution < -0.4 is 15.4 Å². The highest BCUT2D eigenvalue weighted by Crippen LogP contribution is 2.10. The highest BCUT2D eigenvalue weighted by atomic mass is 16.5. The van der Waals surface area contributed by atoms with E-state index < -0.39 is 0 Å². The molecule has 1 aromatic heterocycles. The molecule has 0 bridgehead atoms. The Bertz CT molecular complexity index is 661. The van der Waals surface area contributed by atoms with Crippen LogP contribution in [-0.4, -0.2) is 36.4 Å². The molecule has 2 aromatic rings. The molecule has 0 atom stereocenters. The summed E-state index contributed by atoms with van der Waals surface area (Å²) in [7, 11) is 3.45. The zero-order valence-corrected chi connectivity index (χ0v) is 15.0. The highest BCUT2D eigenvalue weighted by Gasteiger charge is 2.02. The topological polar surface area (TPSA) is 63.5 Å². The lowest BCUT2D eigenvalue weighted by molar-refractivity contribution is 0.414. The summed E-state index contributed by atoms with van der Waals surface area (Å²) in [6.07, 6.45) is 0.991. The molecule has 0 spiro atoms. The van der Waals surface area contributed by atoms with Crippen molar-refractivity contribution < 1.29 is 4.74 Å². The summed E-state index contributed by atoms with van der Waals surface area (Å²) in [6, 6.07) is 10.1. The summed E-state index contributed by atoms with van der Waals surface area (Å²) >= 11 is 0. The molecule has 1 heterocycles. The lowest BCUT2D eigenvalue weighted by Gasteiger charge is -2.12. The number of ether oxygens (including phenoxy) is 1. The predicted octanol–water partition coefficient (Wildman–Crippen LogP) is 2.26. The lowest BCUT2D eigenvalue weighted by Crippen LogP contribution is -2.37. The van der Waals surface area contributed by atoms with E-state index in [0.717, 1.165) is 43.5 Å². The number of hydrogen-bond acceptors (Lipinski definition) is 3. The van der Waals surface area contributed by atoms with E-state index in [0.29, 0.717) is 0 Å². The zero-order valence-electron chi connectivity index (χ0n) is 15.0. The molecule has 24 heavy (non-hydrogen) atoms. The average Bonchev–Trinajstić information content (AvgIpc) is 2.92. The Hall–Kier alpha value is -2.50. The van der Waals surface area contributed by atoms with Crippen molar-refractivity contribution in [2.24, 2.45) is 4.99 Å². The van der Waals surface area contributed by atoms with Crippen molar-refractivity contribution in [3.63, 3.8) is 0 Å². The van der Waals surface area contributed by atoms with Crippen LogP contribution in [0, 0.1) is 13.8 Å². The van der Waals surface area contributed by atoms with Crippen molar-refractivity contribution in [2.75, 3.05) is 20.7 Å². The Morgan fingerprint density at radius 2 is 1.96 bits per heavy atom. The number of guanidine groups is 1. The first-order valence-electron chi connectivity index (χ1n) is 8.21. The van der Waals surface area contributed by atoms with Crippen LogP contribution in [0.4, 0.5) is 0 Å².